The van der Waals surface area contributed by atoms with Gasteiger partial charge in [-0.3, -0.25) is 4.99 Å². The lowest BCUT2D eigenvalue weighted by molar-refractivity contribution is 0.564. The second-order valence-corrected chi connectivity index (χ2v) is 2.13. The van der Waals surface area contributed by atoms with Gasteiger partial charge in [-0.2, -0.15) is 5.26 Å². The molecule has 0 atom stereocenters. The van der Waals surface area contributed by atoms with Gasteiger partial charge in [0.2, 0.25) is 0 Å². The molecule has 0 N–H and O–H groups in total. The van der Waals surface area contributed by atoms with Gasteiger partial charge in [0.1, 0.15) is 11.8 Å². The van der Waals surface area contributed by atoms with Crippen LogP contribution in [0.25, 0.3) is 0 Å². The molecule has 0 aromatic rings. The average molecular weight is 149 g/mol. The highest BCUT2D eigenvalue weighted by molar-refractivity contribution is 5.35. The first kappa shape index (κ1) is 9.44. The molecule has 0 spiro atoms. The molecule has 11 heavy (non-hydrogen) atoms. The molecule has 0 aliphatic heterocycles. The fraction of sp³-hybridized carbons (Fsp3) is 0.250. The molecule has 0 aromatic carbocycles. The highest BCUT2D eigenvalue weighted by Gasteiger charge is 1.82. The van der Waals surface area contributed by atoms with Crippen LogP contribution in [0, 0.1) is 11.3 Å². The van der Waals surface area contributed by atoms with Gasteiger partial charge in [0.15, 0.2) is 0 Å². The van der Waals surface area contributed by atoms with Crippen LogP contribution >= 0.6 is 0 Å². The molecular weight excluding hydrogens is 138 g/mol. The van der Waals surface area contributed by atoms with Gasteiger partial charge in [-0.1, -0.05) is 0 Å². The zero-order valence-electron chi connectivity index (χ0n) is 6.78. The molecule has 0 bridgehead atoms. The lowest BCUT2D eigenvalue weighted by atomic mass is 10.4. The van der Waals surface area contributed by atoms with Gasteiger partial charge in [-0.05, 0) is 25.1 Å². The molecular formula is C8H11N3. The molecule has 0 aromatic heterocycles. The molecule has 58 valence electrons. The van der Waals surface area contributed by atoms with Crippen molar-refractivity contribution in [2.45, 2.75) is 0 Å². The lowest BCUT2D eigenvalue weighted by Crippen LogP contribution is -1.99. The second-order valence-electron chi connectivity index (χ2n) is 2.13. The maximum atomic E-state index is 8.39. The van der Waals surface area contributed by atoms with E-state index >= 15 is 0 Å². The minimum absolute atomic E-state index is 0.322. The summed E-state index contributed by atoms with van der Waals surface area (Å²) < 4.78 is 0. The van der Waals surface area contributed by atoms with Crippen LogP contribution in [0.15, 0.2) is 29.0 Å². The molecule has 0 rings (SSSR count). The molecule has 0 unspecified atom stereocenters. The Kier molecular flexibility index (Phi) is 4.50. The summed E-state index contributed by atoms with van der Waals surface area (Å²) in [6.07, 6.45) is 5.17. The summed E-state index contributed by atoms with van der Waals surface area (Å²) in [6.45, 7) is 3.24. The van der Waals surface area contributed by atoms with Crippen molar-refractivity contribution < 1.29 is 0 Å². The van der Waals surface area contributed by atoms with E-state index < -0.39 is 0 Å². The highest BCUT2D eigenvalue weighted by atomic mass is 15.0. The Morgan fingerprint density at radius 2 is 2.27 bits per heavy atom. The second kappa shape index (κ2) is 5.24. The van der Waals surface area contributed by atoms with Crippen molar-refractivity contribution in [1.82, 2.24) is 4.90 Å². The smallest absolute Gasteiger partial charge is 0.139 e. The van der Waals surface area contributed by atoms with Crippen LogP contribution in [0.2, 0.25) is 0 Å². The zero-order valence-corrected chi connectivity index (χ0v) is 6.78. The van der Waals surface area contributed by atoms with E-state index in [9.17, 15) is 0 Å². The molecule has 3 nitrogen and oxygen atoms in total. The lowest BCUT2D eigenvalue weighted by Gasteiger charge is -2.00. The standard InChI is InChI=1S/C8H11N3/c1-10-8(7-9)5-4-6-11(2)3/h4-6H,1H2,2-3H3/b6-4+,8-5-. The fourth-order valence-electron chi connectivity index (χ4n) is 0.432. The fourth-order valence-corrected chi connectivity index (χ4v) is 0.432. The van der Waals surface area contributed by atoms with Crippen molar-refractivity contribution in [2.75, 3.05) is 14.1 Å². The van der Waals surface area contributed by atoms with Crippen molar-refractivity contribution in [3.8, 4) is 6.07 Å². The maximum absolute atomic E-state index is 8.39. The molecule has 0 saturated heterocycles. The van der Waals surface area contributed by atoms with Gasteiger partial charge < -0.3 is 4.90 Å². The van der Waals surface area contributed by atoms with E-state index in [2.05, 4.69) is 11.7 Å². The van der Waals surface area contributed by atoms with E-state index in [0.717, 1.165) is 0 Å². The number of allylic oxidation sites excluding steroid dienone is 3. The molecule has 3 heteroatoms. The van der Waals surface area contributed by atoms with E-state index in [1.54, 1.807) is 12.2 Å². The molecule has 0 aliphatic rings. The van der Waals surface area contributed by atoms with Crippen LogP contribution in [-0.2, 0) is 0 Å². The molecule has 0 radical (unpaired) electrons. The van der Waals surface area contributed by atoms with E-state index in [-0.39, 0.29) is 0 Å². The molecule has 0 aliphatic carbocycles. The van der Waals surface area contributed by atoms with Crippen molar-refractivity contribution >= 4 is 6.72 Å². The molecule has 0 heterocycles. The number of nitriles is 1. The number of hydrogen-bond donors (Lipinski definition) is 0. The third-order valence-corrected chi connectivity index (χ3v) is 0.923. The van der Waals surface area contributed by atoms with Gasteiger partial charge in [-0.25, -0.2) is 0 Å². The number of nitrogens with zero attached hydrogens (tertiary/aromatic N) is 3. The summed E-state index contributed by atoms with van der Waals surface area (Å²) >= 11 is 0. The van der Waals surface area contributed by atoms with Crippen LogP contribution in [0.3, 0.4) is 0 Å². The summed E-state index contributed by atoms with van der Waals surface area (Å²) in [5.41, 5.74) is 0.322. The van der Waals surface area contributed by atoms with Crippen LogP contribution in [0.5, 0.6) is 0 Å². The van der Waals surface area contributed by atoms with E-state index in [1.165, 1.54) is 0 Å². The number of hydrogen-bond acceptors (Lipinski definition) is 3. The van der Waals surface area contributed by atoms with Crippen LogP contribution in [-0.4, -0.2) is 25.7 Å². The molecule has 0 amide bonds. The minimum Gasteiger partial charge on any atom is -0.383 e. The summed E-state index contributed by atoms with van der Waals surface area (Å²) in [7, 11) is 3.80. The zero-order chi connectivity index (χ0) is 8.69. The topological polar surface area (TPSA) is 39.4 Å². The monoisotopic (exact) mass is 149 g/mol. The summed E-state index contributed by atoms with van der Waals surface area (Å²) in [5.74, 6) is 0. The Hall–Kier alpha value is -1.56. The van der Waals surface area contributed by atoms with Gasteiger partial charge in [0.25, 0.3) is 0 Å². The van der Waals surface area contributed by atoms with Gasteiger partial charge in [0.05, 0.1) is 0 Å². The minimum atomic E-state index is 0.322. The Bertz CT molecular complexity index is 218. The normalized spacial score (nSPS) is 11.2. The van der Waals surface area contributed by atoms with Gasteiger partial charge in [0, 0.05) is 14.1 Å². The van der Waals surface area contributed by atoms with Gasteiger partial charge in [-0.15, -0.1) is 0 Å². The summed E-state index contributed by atoms with van der Waals surface area (Å²) in [4.78, 5) is 5.35. The van der Waals surface area contributed by atoms with Crippen molar-refractivity contribution in [3.63, 3.8) is 0 Å². The predicted octanol–water partition coefficient (Wildman–Crippen LogP) is 1.17. The van der Waals surface area contributed by atoms with Crippen LogP contribution < -0.4 is 0 Å². The Labute approximate surface area is 67.0 Å². The van der Waals surface area contributed by atoms with E-state index in [1.807, 2.05) is 31.3 Å². The van der Waals surface area contributed by atoms with E-state index in [4.69, 9.17) is 5.26 Å². The SMILES string of the molecule is C=N/C(C#N)=C\C=C\N(C)C. The summed E-state index contributed by atoms with van der Waals surface area (Å²) in [6, 6.07) is 1.89. The number of rotatable bonds is 3. The third-order valence-electron chi connectivity index (χ3n) is 0.923. The van der Waals surface area contributed by atoms with Crippen LogP contribution in [0.4, 0.5) is 0 Å². The van der Waals surface area contributed by atoms with E-state index in [0.29, 0.717) is 5.70 Å². The average Bonchev–Trinajstić information content (AvgIpc) is 1.98. The largest absolute Gasteiger partial charge is 0.383 e. The maximum Gasteiger partial charge on any atom is 0.139 e. The van der Waals surface area contributed by atoms with Crippen LogP contribution in [0.1, 0.15) is 0 Å². The Balaban J connectivity index is 4.11. The Morgan fingerprint density at radius 3 is 2.64 bits per heavy atom. The summed E-state index contributed by atoms with van der Waals surface area (Å²) in [5, 5.41) is 8.39. The first-order valence-electron chi connectivity index (χ1n) is 3.12. The van der Waals surface area contributed by atoms with Crippen molar-refractivity contribution in [1.29, 1.82) is 5.26 Å². The van der Waals surface area contributed by atoms with Crippen molar-refractivity contribution in [3.05, 3.63) is 24.0 Å². The first-order valence-corrected chi connectivity index (χ1v) is 3.12. The quantitative estimate of drug-likeness (QED) is 0.343. The first-order chi connectivity index (χ1) is 5.20. The Morgan fingerprint density at radius 1 is 1.64 bits per heavy atom. The highest BCUT2D eigenvalue weighted by Crippen LogP contribution is 1.92. The van der Waals surface area contributed by atoms with Gasteiger partial charge >= 0.3 is 0 Å². The number of aliphatic imine (C=N–C) groups is 1. The predicted molar refractivity (Wildman–Crippen MR) is 46.1 cm³/mol. The molecule has 0 saturated carbocycles. The molecule has 0 fully saturated rings. The van der Waals surface area contributed by atoms with Crippen molar-refractivity contribution in [2.24, 2.45) is 4.99 Å². The third kappa shape index (κ3) is 4.91.